The van der Waals surface area contributed by atoms with Crippen molar-refractivity contribution >= 4 is 26.6 Å². The second-order valence-electron chi connectivity index (χ2n) is 7.30. The molecule has 1 amide bonds. The number of nitrogens with zero attached hydrogens (tertiary/aromatic N) is 2. The van der Waals surface area contributed by atoms with Crippen molar-refractivity contribution in [3.63, 3.8) is 0 Å². The first kappa shape index (κ1) is 19.5. The topological polar surface area (TPSA) is 68.6 Å². The lowest BCUT2D eigenvalue weighted by Gasteiger charge is -2.32. The Balaban J connectivity index is 1.40. The number of ether oxygens (including phenoxy) is 1. The van der Waals surface area contributed by atoms with E-state index in [1.807, 2.05) is 41.1 Å². The summed E-state index contributed by atoms with van der Waals surface area (Å²) in [4.78, 5) is 14.8. The lowest BCUT2D eigenvalue weighted by Crippen LogP contribution is -2.43. The van der Waals surface area contributed by atoms with E-state index in [-0.39, 0.29) is 12.5 Å². The van der Waals surface area contributed by atoms with Gasteiger partial charge in [-0.3, -0.25) is 4.79 Å². The Morgan fingerprint density at radius 3 is 2.41 bits per heavy atom. The maximum atomic E-state index is 12.9. The van der Waals surface area contributed by atoms with Crippen molar-refractivity contribution in [2.75, 3.05) is 20.2 Å². The van der Waals surface area contributed by atoms with Gasteiger partial charge >= 0.3 is 0 Å². The zero-order valence-corrected chi connectivity index (χ0v) is 17.1. The molecule has 0 radical (unpaired) electrons. The van der Waals surface area contributed by atoms with E-state index < -0.39 is 15.1 Å². The lowest BCUT2D eigenvalue weighted by atomic mass is 10.1. The number of piperidine rings is 1. The number of rotatable bonds is 5. The van der Waals surface area contributed by atoms with Crippen molar-refractivity contribution in [1.82, 2.24) is 9.47 Å². The number of benzene rings is 2. The third-order valence-corrected chi connectivity index (χ3v) is 7.89. The third kappa shape index (κ3) is 3.87. The molecule has 0 atom stereocenters. The summed E-state index contributed by atoms with van der Waals surface area (Å²) in [5, 5.41) is 0.636. The van der Waals surface area contributed by atoms with Gasteiger partial charge in [-0.15, -0.1) is 0 Å². The van der Waals surface area contributed by atoms with Crippen LogP contribution in [-0.2, 0) is 21.2 Å². The van der Waals surface area contributed by atoms with Gasteiger partial charge in [0.15, 0.2) is 9.84 Å². The lowest BCUT2D eigenvalue weighted by molar-refractivity contribution is -0.132. The fourth-order valence-electron chi connectivity index (χ4n) is 3.90. The van der Waals surface area contributed by atoms with E-state index in [0.717, 1.165) is 10.9 Å². The number of likely N-dealkylation sites (tertiary alicyclic amines) is 1. The maximum Gasteiger partial charge on any atom is 0.242 e. The first-order chi connectivity index (χ1) is 14.0. The zero-order chi connectivity index (χ0) is 20.4. The minimum Gasteiger partial charge on any atom is -0.497 e. The van der Waals surface area contributed by atoms with Gasteiger partial charge in [0, 0.05) is 24.8 Å². The highest BCUT2D eigenvalue weighted by atomic mass is 32.2. The van der Waals surface area contributed by atoms with Gasteiger partial charge in [0.1, 0.15) is 12.3 Å². The molecule has 0 spiro atoms. The standard InChI is InChI=1S/C22H24N2O4S/c1-28-18-6-8-19(9-7-18)29(26,27)20-11-14-23(15-12-20)22(25)16-24-13-10-17-4-2-3-5-21(17)24/h2-10,13,20H,11-12,14-16H2,1H3. The summed E-state index contributed by atoms with van der Waals surface area (Å²) in [6, 6.07) is 16.4. The molecule has 3 aromatic rings. The summed E-state index contributed by atoms with van der Waals surface area (Å²) in [6.07, 6.45) is 2.82. The number of para-hydroxylation sites is 1. The van der Waals surface area contributed by atoms with Crippen molar-refractivity contribution in [3.05, 3.63) is 60.8 Å². The van der Waals surface area contributed by atoms with Gasteiger partial charge in [0.2, 0.25) is 5.91 Å². The van der Waals surface area contributed by atoms with Crippen LogP contribution in [-0.4, -0.2) is 49.2 Å². The van der Waals surface area contributed by atoms with Crippen LogP contribution in [0.2, 0.25) is 0 Å². The van der Waals surface area contributed by atoms with Crippen LogP contribution < -0.4 is 4.74 Å². The molecule has 7 heteroatoms. The molecule has 0 saturated carbocycles. The Morgan fingerprint density at radius 2 is 1.72 bits per heavy atom. The van der Waals surface area contributed by atoms with Crippen LogP contribution in [0.5, 0.6) is 5.75 Å². The second kappa shape index (κ2) is 7.91. The van der Waals surface area contributed by atoms with Crippen LogP contribution in [0, 0.1) is 0 Å². The number of carbonyl (C=O) groups is 1. The minimum atomic E-state index is -3.41. The van der Waals surface area contributed by atoms with Crippen LogP contribution in [0.25, 0.3) is 10.9 Å². The van der Waals surface area contributed by atoms with E-state index in [0.29, 0.717) is 36.6 Å². The van der Waals surface area contributed by atoms with Crippen molar-refractivity contribution in [1.29, 1.82) is 0 Å². The third-order valence-electron chi connectivity index (χ3n) is 5.61. The average molecular weight is 413 g/mol. The smallest absolute Gasteiger partial charge is 0.242 e. The summed E-state index contributed by atoms with van der Waals surface area (Å²) in [6.45, 7) is 1.18. The van der Waals surface area contributed by atoms with E-state index >= 15 is 0 Å². The molecule has 1 saturated heterocycles. The first-order valence-corrected chi connectivity index (χ1v) is 11.2. The quantitative estimate of drug-likeness (QED) is 0.646. The highest BCUT2D eigenvalue weighted by Crippen LogP contribution is 2.26. The number of hydrogen-bond acceptors (Lipinski definition) is 4. The molecule has 152 valence electrons. The molecule has 0 N–H and O–H groups in total. The Labute approximate surface area is 170 Å². The van der Waals surface area contributed by atoms with E-state index in [9.17, 15) is 13.2 Å². The molecule has 0 bridgehead atoms. The zero-order valence-electron chi connectivity index (χ0n) is 16.3. The Bertz CT molecular complexity index is 1110. The second-order valence-corrected chi connectivity index (χ2v) is 9.53. The molecular weight excluding hydrogens is 388 g/mol. The van der Waals surface area contributed by atoms with Crippen LogP contribution in [0.1, 0.15) is 12.8 Å². The van der Waals surface area contributed by atoms with Crippen LogP contribution >= 0.6 is 0 Å². The summed E-state index contributed by atoms with van der Waals surface area (Å²) >= 11 is 0. The summed E-state index contributed by atoms with van der Waals surface area (Å²) in [7, 11) is -1.87. The average Bonchev–Trinajstić information content (AvgIpc) is 3.16. The number of methoxy groups -OCH3 is 1. The van der Waals surface area contributed by atoms with Gasteiger partial charge in [-0.05, 0) is 54.6 Å². The molecule has 29 heavy (non-hydrogen) atoms. The SMILES string of the molecule is COc1ccc(S(=O)(=O)C2CCN(C(=O)Cn3ccc4ccccc43)CC2)cc1. The molecule has 0 unspecified atom stereocenters. The van der Waals surface area contributed by atoms with E-state index in [1.165, 1.54) is 0 Å². The predicted octanol–water partition coefficient (Wildman–Crippen LogP) is 3.11. The number of aromatic nitrogens is 1. The summed E-state index contributed by atoms with van der Waals surface area (Å²) in [5.41, 5.74) is 1.03. The molecule has 0 aliphatic carbocycles. The molecule has 1 aliphatic heterocycles. The van der Waals surface area contributed by atoms with Gasteiger partial charge in [-0.2, -0.15) is 0 Å². The van der Waals surface area contributed by atoms with Gasteiger partial charge in [0.25, 0.3) is 0 Å². The normalized spacial score (nSPS) is 15.6. The van der Waals surface area contributed by atoms with Crippen molar-refractivity contribution in [2.45, 2.75) is 29.5 Å². The Morgan fingerprint density at radius 1 is 1.03 bits per heavy atom. The largest absolute Gasteiger partial charge is 0.497 e. The molecular formula is C22H24N2O4S. The highest BCUT2D eigenvalue weighted by molar-refractivity contribution is 7.92. The number of carbonyl (C=O) groups excluding carboxylic acids is 1. The molecule has 4 rings (SSSR count). The molecule has 1 fully saturated rings. The number of hydrogen-bond donors (Lipinski definition) is 0. The molecule has 2 aromatic carbocycles. The number of fused-ring (bicyclic) bond motifs is 1. The molecule has 1 aromatic heterocycles. The van der Waals surface area contributed by atoms with Crippen molar-refractivity contribution < 1.29 is 17.9 Å². The first-order valence-electron chi connectivity index (χ1n) is 9.68. The number of sulfone groups is 1. The van der Waals surface area contributed by atoms with Crippen molar-refractivity contribution in [2.24, 2.45) is 0 Å². The fraction of sp³-hybridized carbons (Fsp3) is 0.318. The monoisotopic (exact) mass is 412 g/mol. The molecule has 2 heterocycles. The van der Waals surface area contributed by atoms with E-state index in [1.54, 1.807) is 36.3 Å². The Hall–Kier alpha value is -2.80. The van der Waals surface area contributed by atoms with Crippen LogP contribution in [0.3, 0.4) is 0 Å². The summed E-state index contributed by atoms with van der Waals surface area (Å²) in [5.74, 6) is 0.647. The van der Waals surface area contributed by atoms with Crippen molar-refractivity contribution in [3.8, 4) is 5.75 Å². The fourth-order valence-corrected chi connectivity index (χ4v) is 5.63. The van der Waals surface area contributed by atoms with Gasteiger partial charge < -0.3 is 14.2 Å². The number of amides is 1. The van der Waals surface area contributed by atoms with E-state index in [4.69, 9.17) is 4.74 Å². The minimum absolute atomic E-state index is 0.0200. The summed E-state index contributed by atoms with van der Waals surface area (Å²) < 4.78 is 32.9. The molecule has 1 aliphatic rings. The predicted molar refractivity (Wildman–Crippen MR) is 112 cm³/mol. The van der Waals surface area contributed by atoms with E-state index in [2.05, 4.69) is 0 Å². The van der Waals surface area contributed by atoms with Crippen LogP contribution in [0.4, 0.5) is 0 Å². The Kier molecular flexibility index (Phi) is 5.32. The molecule has 6 nitrogen and oxygen atoms in total. The highest BCUT2D eigenvalue weighted by Gasteiger charge is 2.32. The van der Waals surface area contributed by atoms with Gasteiger partial charge in [-0.25, -0.2) is 8.42 Å². The van der Waals surface area contributed by atoms with Crippen LogP contribution in [0.15, 0.2) is 65.7 Å². The maximum absolute atomic E-state index is 12.9. The van der Waals surface area contributed by atoms with Gasteiger partial charge in [-0.1, -0.05) is 18.2 Å². The van der Waals surface area contributed by atoms with Gasteiger partial charge in [0.05, 0.1) is 17.3 Å².